The van der Waals surface area contributed by atoms with Crippen molar-refractivity contribution in [2.24, 2.45) is 5.92 Å². The predicted molar refractivity (Wildman–Crippen MR) is 82.9 cm³/mol. The van der Waals surface area contributed by atoms with Crippen LogP contribution in [0, 0.1) is 5.92 Å². The molecule has 2 unspecified atom stereocenters. The number of nitrogens with one attached hydrogen (secondary N) is 2. The van der Waals surface area contributed by atoms with Crippen LogP contribution in [-0.4, -0.2) is 39.7 Å². The minimum atomic E-state index is -3.05. The molecular weight excluding hydrogens is 288 g/mol. The highest BCUT2D eigenvalue weighted by Crippen LogP contribution is 2.13. The first-order valence-corrected chi connectivity index (χ1v) is 9.19. The number of benzene rings is 1. The molecule has 2 N–H and O–H groups in total. The first kappa shape index (κ1) is 16.0. The van der Waals surface area contributed by atoms with E-state index in [9.17, 15) is 13.2 Å². The van der Waals surface area contributed by atoms with Gasteiger partial charge in [0.2, 0.25) is 0 Å². The molecular formula is C15H22N2O3S. The Labute approximate surface area is 126 Å². The van der Waals surface area contributed by atoms with Crippen molar-refractivity contribution < 1.29 is 13.2 Å². The van der Waals surface area contributed by atoms with Crippen molar-refractivity contribution >= 4 is 15.7 Å². The molecule has 21 heavy (non-hydrogen) atoms. The lowest BCUT2D eigenvalue weighted by molar-refractivity contribution is 0.0915. The van der Waals surface area contributed by atoms with Gasteiger partial charge in [0.1, 0.15) is 0 Å². The molecule has 0 spiro atoms. The molecule has 6 heteroatoms. The van der Waals surface area contributed by atoms with Gasteiger partial charge in [0.25, 0.3) is 5.91 Å². The SMILES string of the molecule is CC1CCNCC1NC(=O)c1ccc(CS(C)(=O)=O)cc1. The number of carbonyl (C=O) groups is 1. The lowest BCUT2D eigenvalue weighted by Gasteiger charge is -2.30. The summed E-state index contributed by atoms with van der Waals surface area (Å²) in [5, 5.41) is 6.31. The van der Waals surface area contributed by atoms with E-state index in [1.807, 2.05) is 0 Å². The van der Waals surface area contributed by atoms with E-state index in [0.717, 1.165) is 19.5 Å². The number of hydrogen-bond donors (Lipinski definition) is 2. The fourth-order valence-corrected chi connectivity index (χ4v) is 3.29. The van der Waals surface area contributed by atoms with Gasteiger partial charge in [-0.15, -0.1) is 0 Å². The van der Waals surface area contributed by atoms with Crippen LogP contribution in [0.3, 0.4) is 0 Å². The van der Waals surface area contributed by atoms with E-state index in [4.69, 9.17) is 0 Å². The zero-order valence-corrected chi connectivity index (χ0v) is 13.2. The van der Waals surface area contributed by atoms with Gasteiger partial charge in [-0.3, -0.25) is 4.79 Å². The van der Waals surface area contributed by atoms with Crippen molar-refractivity contribution in [1.82, 2.24) is 10.6 Å². The highest BCUT2D eigenvalue weighted by Gasteiger charge is 2.22. The highest BCUT2D eigenvalue weighted by atomic mass is 32.2. The van der Waals surface area contributed by atoms with Crippen LogP contribution in [0.5, 0.6) is 0 Å². The molecule has 116 valence electrons. The largest absolute Gasteiger partial charge is 0.348 e. The van der Waals surface area contributed by atoms with Gasteiger partial charge in [-0.2, -0.15) is 0 Å². The maximum atomic E-state index is 12.2. The van der Waals surface area contributed by atoms with Crippen LogP contribution in [0.2, 0.25) is 0 Å². The average molecular weight is 310 g/mol. The summed E-state index contributed by atoms with van der Waals surface area (Å²) in [7, 11) is -3.05. The van der Waals surface area contributed by atoms with Crippen LogP contribution >= 0.6 is 0 Å². The molecule has 1 saturated heterocycles. The molecule has 2 rings (SSSR count). The molecule has 2 atom stereocenters. The second kappa shape index (κ2) is 6.58. The second-order valence-corrected chi connectivity index (χ2v) is 7.96. The van der Waals surface area contributed by atoms with Gasteiger partial charge in [-0.1, -0.05) is 19.1 Å². The lowest BCUT2D eigenvalue weighted by Crippen LogP contribution is -2.50. The summed E-state index contributed by atoms with van der Waals surface area (Å²) in [5.74, 6) is 0.347. The number of sulfone groups is 1. The Morgan fingerprint density at radius 3 is 2.57 bits per heavy atom. The summed E-state index contributed by atoms with van der Waals surface area (Å²) in [5.41, 5.74) is 1.26. The Bertz CT molecular complexity index is 596. The smallest absolute Gasteiger partial charge is 0.251 e. The minimum Gasteiger partial charge on any atom is -0.348 e. The molecule has 1 fully saturated rings. The fraction of sp³-hybridized carbons (Fsp3) is 0.533. The summed E-state index contributed by atoms with van der Waals surface area (Å²) in [6.45, 7) is 3.92. The highest BCUT2D eigenvalue weighted by molar-refractivity contribution is 7.89. The number of piperidine rings is 1. The fourth-order valence-electron chi connectivity index (χ4n) is 2.49. The van der Waals surface area contributed by atoms with E-state index in [1.165, 1.54) is 6.26 Å². The normalized spacial score (nSPS) is 22.8. The molecule has 1 heterocycles. The maximum Gasteiger partial charge on any atom is 0.251 e. The summed E-state index contributed by atoms with van der Waals surface area (Å²) in [4.78, 5) is 12.2. The monoisotopic (exact) mass is 310 g/mol. The van der Waals surface area contributed by atoms with Crippen LogP contribution in [0.1, 0.15) is 29.3 Å². The van der Waals surface area contributed by atoms with E-state index >= 15 is 0 Å². The third kappa shape index (κ3) is 4.82. The van der Waals surface area contributed by atoms with Gasteiger partial charge in [0, 0.05) is 24.4 Å². The van der Waals surface area contributed by atoms with E-state index in [1.54, 1.807) is 24.3 Å². The molecule has 1 aliphatic heterocycles. The molecule has 1 aliphatic rings. The van der Waals surface area contributed by atoms with Crippen molar-refractivity contribution in [3.05, 3.63) is 35.4 Å². The van der Waals surface area contributed by atoms with Gasteiger partial charge < -0.3 is 10.6 Å². The van der Waals surface area contributed by atoms with Crippen LogP contribution in [0.15, 0.2) is 24.3 Å². The van der Waals surface area contributed by atoms with Gasteiger partial charge in [-0.05, 0) is 36.6 Å². The van der Waals surface area contributed by atoms with Gasteiger partial charge in [-0.25, -0.2) is 8.42 Å². The first-order chi connectivity index (χ1) is 9.85. The molecule has 5 nitrogen and oxygen atoms in total. The number of amides is 1. The summed E-state index contributed by atoms with van der Waals surface area (Å²) in [6, 6.07) is 6.88. The van der Waals surface area contributed by atoms with E-state index in [-0.39, 0.29) is 17.7 Å². The Kier molecular flexibility index (Phi) is 5.00. The molecule has 1 amide bonds. The molecule has 1 aromatic carbocycles. The molecule has 0 bridgehead atoms. The Morgan fingerprint density at radius 1 is 1.33 bits per heavy atom. The van der Waals surface area contributed by atoms with Crippen LogP contribution in [0.4, 0.5) is 0 Å². The summed E-state index contributed by atoms with van der Waals surface area (Å²) < 4.78 is 22.5. The molecule has 0 saturated carbocycles. The van der Waals surface area contributed by atoms with E-state index < -0.39 is 9.84 Å². The number of carbonyl (C=O) groups excluding carboxylic acids is 1. The predicted octanol–water partition coefficient (Wildman–Crippen LogP) is 0.959. The van der Waals surface area contributed by atoms with Gasteiger partial charge in [0.15, 0.2) is 9.84 Å². The number of rotatable bonds is 4. The standard InChI is InChI=1S/C15H22N2O3S/c1-11-7-8-16-9-14(11)17-15(18)13-5-3-12(4-6-13)10-21(2,19)20/h3-6,11,14,16H,7-10H2,1-2H3,(H,17,18). The van der Waals surface area contributed by atoms with Crippen LogP contribution in [0.25, 0.3) is 0 Å². The van der Waals surface area contributed by atoms with Crippen molar-refractivity contribution in [2.75, 3.05) is 19.3 Å². The van der Waals surface area contributed by atoms with Crippen LogP contribution in [-0.2, 0) is 15.6 Å². The Balaban J connectivity index is 1.99. The van der Waals surface area contributed by atoms with Crippen molar-refractivity contribution in [3.63, 3.8) is 0 Å². The Hall–Kier alpha value is -1.40. The van der Waals surface area contributed by atoms with Crippen LogP contribution < -0.4 is 10.6 Å². The topological polar surface area (TPSA) is 75.3 Å². The zero-order chi connectivity index (χ0) is 15.5. The molecule has 1 aromatic rings. The third-order valence-electron chi connectivity index (χ3n) is 3.79. The first-order valence-electron chi connectivity index (χ1n) is 7.13. The van der Waals surface area contributed by atoms with Gasteiger partial charge in [0.05, 0.1) is 5.75 Å². The summed E-state index contributed by atoms with van der Waals surface area (Å²) in [6.07, 6.45) is 2.25. The lowest BCUT2D eigenvalue weighted by atomic mass is 9.94. The molecule has 0 aromatic heterocycles. The Morgan fingerprint density at radius 2 is 2.00 bits per heavy atom. The zero-order valence-electron chi connectivity index (χ0n) is 12.4. The quantitative estimate of drug-likeness (QED) is 0.868. The number of hydrogen-bond acceptors (Lipinski definition) is 4. The average Bonchev–Trinajstić information content (AvgIpc) is 2.40. The van der Waals surface area contributed by atoms with E-state index in [2.05, 4.69) is 17.6 Å². The minimum absolute atomic E-state index is 0.00151. The molecule has 0 aliphatic carbocycles. The maximum absolute atomic E-state index is 12.2. The van der Waals surface area contributed by atoms with Crippen molar-refractivity contribution in [3.8, 4) is 0 Å². The van der Waals surface area contributed by atoms with E-state index in [0.29, 0.717) is 17.0 Å². The van der Waals surface area contributed by atoms with Gasteiger partial charge >= 0.3 is 0 Å². The third-order valence-corrected chi connectivity index (χ3v) is 4.65. The van der Waals surface area contributed by atoms with Crippen molar-refractivity contribution in [2.45, 2.75) is 25.1 Å². The van der Waals surface area contributed by atoms with Crippen molar-refractivity contribution in [1.29, 1.82) is 0 Å². The summed E-state index contributed by atoms with van der Waals surface area (Å²) >= 11 is 0. The molecule has 0 radical (unpaired) electrons. The second-order valence-electron chi connectivity index (χ2n) is 5.82.